The minimum absolute atomic E-state index is 0.0656. The van der Waals surface area contributed by atoms with Crippen molar-refractivity contribution < 1.29 is 37.4 Å². The molecule has 0 aromatic carbocycles. The first-order valence-electron chi connectivity index (χ1n) is 15.3. The molecular formula is C32H41ClN4O8SSi2. The van der Waals surface area contributed by atoms with Gasteiger partial charge < -0.3 is 28.0 Å². The molecule has 0 spiro atoms. The third-order valence-electron chi connectivity index (χ3n) is 9.09. The van der Waals surface area contributed by atoms with Crippen molar-refractivity contribution in [1.82, 2.24) is 19.3 Å². The van der Waals surface area contributed by atoms with Crippen LogP contribution in [-0.4, -0.2) is 95.1 Å². The second-order valence-corrected chi connectivity index (χ2v) is 14.7. The number of carbonyl (C=O) groups is 3. The highest BCUT2D eigenvalue weighted by Gasteiger charge is 2.60. The third kappa shape index (κ3) is 6.83. The Kier molecular flexibility index (Phi) is 12.6. The summed E-state index contributed by atoms with van der Waals surface area (Å²) in [5, 5.41) is 0. The van der Waals surface area contributed by atoms with E-state index in [0.29, 0.717) is 21.0 Å². The normalized spacial score (nSPS) is 18.9. The average molecular weight is 733 g/mol. The van der Waals surface area contributed by atoms with Crippen molar-refractivity contribution in [2.45, 2.75) is 64.4 Å². The highest BCUT2D eigenvalue weighted by molar-refractivity contribution is 7.19. The largest absolute Gasteiger partial charge is 0.459 e. The van der Waals surface area contributed by atoms with Gasteiger partial charge >= 0.3 is 5.97 Å². The number of nitrogens with zero attached hydrogens (tertiary/aromatic N) is 4. The molecule has 16 heteroatoms. The van der Waals surface area contributed by atoms with Crippen LogP contribution in [0.1, 0.15) is 48.6 Å². The van der Waals surface area contributed by atoms with Crippen LogP contribution < -0.4 is 0 Å². The van der Waals surface area contributed by atoms with Gasteiger partial charge in [-0.15, -0.1) is 11.3 Å². The molecular weight excluding hydrogens is 692 g/mol. The van der Waals surface area contributed by atoms with Crippen LogP contribution in [-0.2, 0) is 38.4 Å². The number of rotatable bonds is 18. The number of Topliss-reactive ketones (excluding diaryl/α,β-unsaturated/α-hetero) is 1. The van der Waals surface area contributed by atoms with Gasteiger partial charge in [0.05, 0.1) is 16.8 Å². The lowest BCUT2D eigenvalue weighted by molar-refractivity contribution is -0.185. The number of likely N-dealkylation sites (tertiary alicyclic amines) is 1. The van der Waals surface area contributed by atoms with E-state index in [-0.39, 0.29) is 43.7 Å². The molecule has 1 amide bonds. The molecule has 1 aliphatic heterocycles. The van der Waals surface area contributed by atoms with E-state index in [9.17, 15) is 14.4 Å². The Hall–Kier alpha value is -2.77. The first-order valence-corrected chi connectivity index (χ1v) is 19.3. The van der Waals surface area contributed by atoms with Crippen LogP contribution in [0.5, 0.6) is 0 Å². The van der Waals surface area contributed by atoms with Gasteiger partial charge in [-0.3, -0.25) is 19.0 Å². The Morgan fingerprint density at radius 2 is 1.85 bits per heavy atom. The van der Waals surface area contributed by atoms with Crippen molar-refractivity contribution in [1.29, 1.82) is 0 Å². The Morgan fingerprint density at radius 3 is 2.42 bits per heavy atom. The zero-order chi connectivity index (χ0) is 35.4. The van der Waals surface area contributed by atoms with Gasteiger partial charge in [0.2, 0.25) is 36.7 Å². The van der Waals surface area contributed by atoms with E-state index in [0.717, 1.165) is 0 Å². The number of thiazole rings is 1. The van der Waals surface area contributed by atoms with Crippen LogP contribution in [0.25, 0.3) is 4.83 Å². The van der Waals surface area contributed by atoms with E-state index < -0.39 is 46.8 Å². The molecule has 4 rings (SSSR count). The van der Waals surface area contributed by atoms with Crippen molar-refractivity contribution in [3.8, 4) is 0 Å². The highest BCUT2D eigenvalue weighted by atomic mass is 35.5. The van der Waals surface area contributed by atoms with Crippen LogP contribution in [0.2, 0.25) is 13.1 Å². The van der Waals surface area contributed by atoms with Crippen molar-refractivity contribution in [2.75, 3.05) is 20.8 Å². The van der Waals surface area contributed by atoms with Gasteiger partial charge in [0.25, 0.3) is 0 Å². The molecule has 4 radical (unpaired) electrons. The SMILES string of the molecule is C=CCOC(=O)C(Cl)N1C(=O)[C@@H]([C@@H](C)C(C)(C)C(O[Si]C)O[Si]C)[C@H]1[C@@H](C)C(=O)c1cn2cnc(C(OC)(OC)c3cccnc3)c2s1. The summed E-state index contributed by atoms with van der Waals surface area (Å²) in [7, 11) is 3.36. The van der Waals surface area contributed by atoms with Crippen LogP contribution in [0.15, 0.2) is 49.7 Å². The molecule has 3 aromatic rings. The second-order valence-electron chi connectivity index (χ2n) is 11.9. The number of imidazole rings is 1. The van der Waals surface area contributed by atoms with Gasteiger partial charge in [-0.2, -0.15) is 0 Å². The first-order chi connectivity index (χ1) is 22.9. The molecule has 0 bridgehead atoms. The number of ether oxygens (including phenoxy) is 3. The molecule has 3 aromatic heterocycles. The molecule has 0 saturated carbocycles. The quantitative estimate of drug-likeness (QED) is 0.0268. The van der Waals surface area contributed by atoms with Crippen LogP contribution in [0.3, 0.4) is 0 Å². The van der Waals surface area contributed by atoms with Crippen molar-refractivity contribution in [3.05, 3.63) is 65.8 Å². The Balaban J connectivity index is 1.73. The standard InChI is InChI=1S/C32H41ClN4O8SSi2/c1-10-14-43-29(40)26(33)37-23(22(27(37)39)19(3)31(4,5)30(44-47-8)45-48-9)18(2)24(38)21-16-36-17-35-25(28(36)46-21)32(41-6,42-7)20-12-11-13-34-15-20/h10-13,15-19,22-23,26,30H,1,14H2,2-9H3/t18-,19-,22+,23-,26?/m1/s1. The number of halogens is 1. The molecule has 0 N–H and O–H groups in total. The topological polar surface area (TPSA) is 131 Å². The Morgan fingerprint density at radius 1 is 1.19 bits per heavy atom. The van der Waals surface area contributed by atoms with Crippen LogP contribution >= 0.6 is 22.9 Å². The molecule has 5 atom stereocenters. The number of hydrogen-bond acceptors (Lipinski definition) is 11. The fourth-order valence-electron chi connectivity index (χ4n) is 6.15. The summed E-state index contributed by atoms with van der Waals surface area (Å²) >= 11 is 7.83. The van der Waals surface area contributed by atoms with Crippen molar-refractivity contribution in [3.63, 3.8) is 0 Å². The van der Waals surface area contributed by atoms with Crippen molar-refractivity contribution >= 4 is 65.0 Å². The van der Waals surface area contributed by atoms with Gasteiger partial charge in [0, 0.05) is 49.7 Å². The monoisotopic (exact) mass is 732 g/mol. The zero-order valence-corrected chi connectivity index (χ0v) is 31.8. The van der Waals surface area contributed by atoms with Gasteiger partial charge in [-0.05, 0) is 25.1 Å². The summed E-state index contributed by atoms with van der Waals surface area (Å²) in [5.74, 6) is -4.49. The number of pyridine rings is 1. The number of carbonyl (C=O) groups excluding carboxylic acids is 3. The number of fused-ring (bicyclic) bond motifs is 1. The number of ketones is 1. The molecule has 48 heavy (non-hydrogen) atoms. The molecule has 1 fully saturated rings. The number of aromatic nitrogens is 3. The summed E-state index contributed by atoms with van der Waals surface area (Å²) in [6.07, 6.45) is 7.40. The molecule has 1 saturated heterocycles. The van der Waals surface area contributed by atoms with Gasteiger partial charge in [0.1, 0.15) is 29.7 Å². The molecule has 258 valence electrons. The summed E-state index contributed by atoms with van der Waals surface area (Å²) in [5.41, 5.74) is -0.986. The summed E-state index contributed by atoms with van der Waals surface area (Å²) in [6.45, 7) is 15.0. The number of hydrogen-bond donors (Lipinski definition) is 0. The van der Waals surface area contributed by atoms with E-state index in [4.69, 9.17) is 34.7 Å². The third-order valence-corrected chi connectivity index (χ3v) is 11.5. The van der Waals surface area contributed by atoms with Crippen molar-refractivity contribution in [2.24, 2.45) is 23.2 Å². The fourth-order valence-corrected chi connectivity index (χ4v) is 8.82. The molecule has 0 aliphatic carbocycles. The van der Waals surface area contributed by atoms with Gasteiger partial charge in [0.15, 0.2) is 5.78 Å². The highest BCUT2D eigenvalue weighted by Crippen LogP contribution is 2.48. The maximum atomic E-state index is 14.3. The smallest absolute Gasteiger partial charge is 0.344 e. The molecule has 12 nitrogen and oxygen atoms in total. The number of amides is 1. The molecule has 4 heterocycles. The van der Waals surface area contributed by atoms with Crippen LogP contribution in [0.4, 0.5) is 0 Å². The van der Waals surface area contributed by atoms with Crippen LogP contribution in [0, 0.1) is 23.2 Å². The van der Waals surface area contributed by atoms with E-state index in [1.54, 1.807) is 42.3 Å². The maximum Gasteiger partial charge on any atom is 0.344 e. The lowest BCUT2D eigenvalue weighted by Gasteiger charge is -2.56. The van der Waals surface area contributed by atoms with E-state index >= 15 is 0 Å². The zero-order valence-electron chi connectivity index (χ0n) is 28.3. The predicted octanol–water partition coefficient (Wildman–Crippen LogP) is 4.58. The summed E-state index contributed by atoms with van der Waals surface area (Å²) < 4.78 is 30.7. The number of methoxy groups -OCH3 is 2. The maximum absolute atomic E-state index is 14.3. The number of alkyl halides is 1. The first kappa shape index (κ1) is 38.0. The lowest BCUT2D eigenvalue weighted by Crippen LogP contribution is -2.70. The number of esters is 1. The minimum Gasteiger partial charge on any atom is -0.459 e. The Bertz CT molecular complexity index is 1590. The summed E-state index contributed by atoms with van der Waals surface area (Å²) in [4.78, 5) is 52.2. The van der Waals surface area contributed by atoms with E-state index in [1.807, 2.05) is 39.9 Å². The van der Waals surface area contributed by atoms with Gasteiger partial charge in [-0.25, -0.2) is 9.78 Å². The molecule has 1 unspecified atom stereocenters. The fraction of sp³-hybridized carbons (Fsp3) is 0.531. The van der Waals surface area contributed by atoms with Gasteiger partial charge in [-0.1, -0.05) is 58.0 Å². The molecule has 1 aliphatic rings. The second kappa shape index (κ2) is 15.8. The number of β-lactam (4-membered cyclic amide) rings is 1. The Labute approximate surface area is 295 Å². The predicted molar refractivity (Wildman–Crippen MR) is 183 cm³/mol. The van der Waals surface area contributed by atoms with E-state index in [2.05, 4.69) is 16.5 Å². The lowest BCUT2D eigenvalue weighted by atomic mass is 9.63. The average Bonchev–Trinajstić information content (AvgIpc) is 3.68. The van der Waals surface area contributed by atoms with E-state index in [1.165, 1.54) is 36.5 Å². The minimum atomic E-state index is -1.43. The summed E-state index contributed by atoms with van der Waals surface area (Å²) in [6, 6.07) is 2.87.